The number of hydrogen-bond acceptors (Lipinski definition) is 4. The minimum atomic E-state index is -0.476. The summed E-state index contributed by atoms with van der Waals surface area (Å²) in [5.74, 6) is 0.158. The maximum Gasteiger partial charge on any atom is 0.329 e. The predicted molar refractivity (Wildman–Crippen MR) is 116 cm³/mol. The van der Waals surface area contributed by atoms with Gasteiger partial charge in [0.2, 0.25) is 0 Å². The van der Waals surface area contributed by atoms with Crippen LogP contribution in [0.1, 0.15) is 16.7 Å². The molecule has 0 aromatic heterocycles. The van der Waals surface area contributed by atoms with Gasteiger partial charge < -0.3 is 10.1 Å². The SMILES string of the molecule is C=CCN1C(=O)N/C(=C/c2cc(Br)c(OCc3ccccc3C#N)c(Br)c2)C1=O. The number of hydrogen-bond donors (Lipinski definition) is 1. The molecule has 0 saturated carbocycles. The van der Waals surface area contributed by atoms with Gasteiger partial charge in [-0.05, 0) is 61.7 Å². The summed E-state index contributed by atoms with van der Waals surface area (Å²) >= 11 is 6.95. The normalized spacial score (nSPS) is 14.7. The summed E-state index contributed by atoms with van der Waals surface area (Å²) in [6.45, 7) is 3.92. The molecular weight excluding hydrogens is 502 g/mol. The molecular formula is C21H15Br2N3O3. The first-order valence-corrected chi connectivity index (χ1v) is 10.1. The molecule has 1 saturated heterocycles. The number of ether oxygens (including phenoxy) is 1. The van der Waals surface area contributed by atoms with Crippen molar-refractivity contribution in [1.29, 1.82) is 5.26 Å². The third kappa shape index (κ3) is 4.58. The molecule has 1 aliphatic heterocycles. The van der Waals surface area contributed by atoms with Crippen LogP contribution in [0.15, 0.2) is 63.7 Å². The number of urea groups is 1. The van der Waals surface area contributed by atoms with Gasteiger partial charge in [0.1, 0.15) is 18.1 Å². The number of imide groups is 1. The van der Waals surface area contributed by atoms with Gasteiger partial charge in [-0.25, -0.2) is 4.79 Å². The van der Waals surface area contributed by atoms with Crippen molar-refractivity contribution in [1.82, 2.24) is 10.2 Å². The lowest BCUT2D eigenvalue weighted by molar-refractivity contribution is -0.122. The molecule has 3 rings (SSSR count). The second kappa shape index (κ2) is 9.07. The molecule has 0 atom stereocenters. The topological polar surface area (TPSA) is 82.4 Å². The van der Waals surface area contributed by atoms with Gasteiger partial charge in [0.15, 0.2) is 0 Å². The third-order valence-electron chi connectivity index (χ3n) is 4.12. The van der Waals surface area contributed by atoms with E-state index in [4.69, 9.17) is 4.74 Å². The Kier molecular flexibility index (Phi) is 6.52. The average molecular weight is 517 g/mol. The second-order valence-corrected chi connectivity index (χ2v) is 7.77. The molecule has 6 nitrogen and oxygen atoms in total. The van der Waals surface area contributed by atoms with Crippen molar-refractivity contribution in [2.45, 2.75) is 6.61 Å². The first kappa shape index (κ1) is 20.8. The van der Waals surface area contributed by atoms with E-state index < -0.39 is 11.9 Å². The van der Waals surface area contributed by atoms with Gasteiger partial charge in [-0.15, -0.1) is 6.58 Å². The van der Waals surface area contributed by atoms with Gasteiger partial charge in [0.25, 0.3) is 5.91 Å². The molecule has 0 unspecified atom stereocenters. The Morgan fingerprint density at radius 2 is 1.90 bits per heavy atom. The maximum absolute atomic E-state index is 12.3. The van der Waals surface area contributed by atoms with Gasteiger partial charge in [0, 0.05) is 12.1 Å². The van der Waals surface area contributed by atoms with Crippen LogP contribution < -0.4 is 10.1 Å². The highest BCUT2D eigenvalue weighted by Crippen LogP contribution is 2.36. The third-order valence-corrected chi connectivity index (χ3v) is 5.29. The number of nitriles is 1. The van der Waals surface area contributed by atoms with E-state index in [1.54, 1.807) is 30.3 Å². The van der Waals surface area contributed by atoms with Crippen LogP contribution >= 0.6 is 31.9 Å². The fraction of sp³-hybridized carbons (Fsp3) is 0.0952. The van der Waals surface area contributed by atoms with Crippen LogP contribution in [0.5, 0.6) is 5.75 Å². The van der Waals surface area contributed by atoms with Gasteiger partial charge in [-0.1, -0.05) is 24.3 Å². The molecule has 0 bridgehead atoms. The highest BCUT2D eigenvalue weighted by molar-refractivity contribution is 9.11. The molecule has 1 N–H and O–H groups in total. The average Bonchev–Trinajstić information content (AvgIpc) is 2.95. The van der Waals surface area contributed by atoms with Gasteiger partial charge in [-0.3, -0.25) is 9.69 Å². The monoisotopic (exact) mass is 515 g/mol. The van der Waals surface area contributed by atoms with Crippen molar-refractivity contribution in [3.05, 3.63) is 80.4 Å². The second-order valence-electron chi connectivity index (χ2n) is 6.06. The number of rotatable bonds is 6. The van der Waals surface area contributed by atoms with Crippen molar-refractivity contribution in [2.75, 3.05) is 6.54 Å². The first-order chi connectivity index (χ1) is 13.9. The van der Waals surface area contributed by atoms with E-state index in [1.807, 2.05) is 12.1 Å². The highest BCUT2D eigenvalue weighted by Gasteiger charge is 2.32. The lowest BCUT2D eigenvalue weighted by Crippen LogP contribution is -2.30. The van der Waals surface area contributed by atoms with E-state index in [9.17, 15) is 14.9 Å². The summed E-state index contributed by atoms with van der Waals surface area (Å²) in [4.78, 5) is 25.3. The van der Waals surface area contributed by atoms with Crippen LogP contribution in [-0.4, -0.2) is 23.4 Å². The summed E-state index contributed by atoms with van der Waals surface area (Å²) in [7, 11) is 0. The molecule has 1 fully saturated rings. The van der Waals surface area contributed by atoms with Crippen LogP contribution in [0.25, 0.3) is 6.08 Å². The zero-order valence-corrected chi connectivity index (χ0v) is 18.3. The van der Waals surface area contributed by atoms with Crippen LogP contribution in [-0.2, 0) is 11.4 Å². The Morgan fingerprint density at radius 1 is 1.21 bits per heavy atom. The quantitative estimate of drug-likeness (QED) is 0.341. The molecule has 1 aliphatic rings. The number of nitrogens with zero attached hydrogens (tertiary/aromatic N) is 2. The minimum absolute atomic E-state index is 0.145. The number of amides is 3. The molecule has 2 aromatic carbocycles. The van der Waals surface area contributed by atoms with Crippen LogP contribution in [0.4, 0.5) is 4.79 Å². The van der Waals surface area contributed by atoms with Gasteiger partial charge in [0.05, 0.1) is 20.6 Å². The predicted octanol–water partition coefficient (Wildman–Crippen LogP) is 4.74. The summed E-state index contributed by atoms with van der Waals surface area (Å²) < 4.78 is 7.21. The molecule has 0 aliphatic carbocycles. The number of nitrogens with one attached hydrogen (secondary N) is 1. The van der Waals surface area contributed by atoms with E-state index >= 15 is 0 Å². The molecule has 146 valence electrons. The Bertz CT molecular complexity index is 1050. The zero-order chi connectivity index (χ0) is 21.0. The largest absolute Gasteiger partial charge is 0.486 e. The molecule has 29 heavy (non-hydrogen) atoms. The lowest BCUT2D eigenvalue weighted by atomic mass is 10.1. The van der Waals surface area contributed by atoms with Crippen molar-refractivity contribution in [3.8, 4) is 11.8 Å². The van der Waals surface area contributed by atoms with Crippen molar-refractivity contribution >= 4 is 49.9 Å². The summed E-state index contributed by atoms with van der Waals surface area (Å²) in [6, 6.07) is 12.4. The Balaban J connectivity index is 1.81. The van der Waals surface area contributed by atoms with Crippen molar-refractivity contribution in [2.24, 2.45) is 0 Å². The Hall–Kier alpha value is -2.89. The van der Waals surface area contributed by atoms with Gasteiger partial charge >= 0.3 is 6.03 Å². The zero-order valence-electron chi connectivity index (χ0n) is 15.1. The van der Waals surface area contributed by atoms with Crippen molar-refractivity contribution < 1.29 is 14.3 Å². The molecule has 8 heteroatoms. The summed E-state index contributed by atoms with van der Waals surface area (Å²) in [6.07, 6.45) is 3.08. The standard InChI is InChI=1S/C21H15Br2N3O3/c1-2-7-26-20(27)18(25-21(26)28)10-13-8-16(22)19(17(23)9-13)29-12-15-6-4-3-5-14(15)11-24/h2-6,8-10H,1,7,12H2,(H,25,28)/b18-10+. The van der Waals surface area contributed by atoms with Gasteiger partial charge in [-0.2, -0.15) is 5.26 Å². The number of halogens is 2. The van der Waals surface area contributed by atoms with E-state index in [-0.39, 0.29) is 18.8 Å². The fourth-order valence-corrected chi connectivity index (χ4v) is 4.19. The number of benzene rings is 2. The summed E-state index contributed by atoms with van der Waals surface area (Å²) in [5.41, 5.74) is 2.21. The molecule has 0 radical (unpaired) electrons. The Labute approximate surface area is 184 Å². The van der Waals surface area contributed by atoms with E-state index in [1.165, 1.54) is 6.08 Å². The molecule has 3 amide bonds. The Morgan fingerprint density at radius 3 is 2.55 bits per heavy atom. The number of carbonyl (C=O) groups excluding carboxylic acids is 2. The molecule has 2 aromatic rings. The first-order valence-electron chi connectivity index (χ1n) is 8.50. The van der Waals surface area contributed by atoms with Crippen LogP contribution in [0, 0.1) is 11.3 Å². The minimum Gasteiger partial charge on any atom is -0.486 e. The maximum atomic E-state index is 12.3. The summed E-state index contributed by atoms with van der Waals surface area (Å²) in [5, 5.41) is 11.8. The van der Waals surface area contributed by atoms with Crippen LogP contribution in [0.2, 0.25) is 0 Å². The van der Waals surface area contributed by atoms with Crippen molar-refractivity contribution in [3.63, 3.8) is 0 Å². The van der Waals surface area contributed by atoms with E-state index in [0.717, 1.165) is 10.5 Å². The molecule has 0 spiro atoms. The van der Waals surface area contributed by atoms with E-state index in [0.29, 0.717) is 25.8 Å². The highest BCUT2D eigenvalue weighted by atomic mass is 79.9. The van der Waals surface area contributed by atoms with Crippen LogP contribution in [0.3, 0.4) is 0 Å². The number of carbonyl (C=O) groups is 2. The van der Waals surface area contributed by atoms with E-state index in [2.05, 4.69) is 49.8 Å². The lowest BCUT2D eigenvalue weighted by Gasteiger charge is -2.12. The fourth-order valence-electron chi connectivity index (χ4n) is 2.74. The smallest absolute Gasteiger partial charge is 0.329 e. The molecule has 1 heterocycles.